The van der Waals surface area contributed by atoms with E-state index in [4.69, 9.17) is 5.26 Å². The van der Waals surface area contributed by atoms with Crippen molar-refractivity contribution >= 4 is 16.0 Å². The quantitative estimate of drug-likeness (QED) is 0.653. The number of carbonyl (C=O) groups is 1. The molecule has 20 heavy (non-hydrogen) atoms. The molecule has 0 unspecified atom stereocenters. The molecular weight excluding hydrogens is 282 g/mol. The predicted molar refractivity (Wildman–Crippen MR) is 73.3 cm³/mol. The fraction of sp³-hybridized carbons (Fsp3) is 0.833. The highest BCUT2D eigenvalue weighted by atomic mass is 32.2. The number of ether oxygens (including phenoxy) is 1. The molecule has 7 nitrogen and oxygen atoms in total. The normalized spacial score (nSPS) is 18.5. The van der Waals surface area contributed by atoms with Gasteiger partial charge in [-0.25, -0.2) is 8.42 Å². The third kappa shape index (κ3) is 4.16. The maximum atomic E-state index is 12.0. The van der Waals surface area contributed by atoms with E-state index >= 15 is 0 Å². The highest BCUT2D eigenvalue weighted by Crippen LogP contribution is 2.17. The summed E-state index contributed by atoms with van der Waals surface area (Å²) >= 11 is 0. The van der Waals surface area contributed by atoms with Crippen molar-refractivity contribution in [3.05, 3.63) is 0 Å². The lowest BCUT2D eigenvalue weighted by atomic mass is 10.0. The van der Waals surface area contributed by atoms with Gasteiger partial charge in [0.25, 0.3) is 0 Å². The Morgan fingerprint density at radius 1 is 1.30 bits per heavy atom. The molecule has 0 aromatic rings. The maximum Gasteiger partial charge on any atom is 0.322 e. The number of nitrogens with zero attached hydrogens (tertiary/aromatic N) is 3. The molecule has 1 rings (SSSR count). The van der Waals surface area contributed by atoms with E-state index in [1.54, 1.807) is 20.8 Å². The lowest BCUT2D eigenvalue weighted by Crippen LogP contribution is -2.55. The van der Waals surface area contributed by atoms with E-state index < -0.39 is 27.3 Å². The summed E-state index contributed by atoms with van der Waals surface area (Å²) in [4.78, 5) is 13.2. The van der Waals surface area contributed by atoms with Crippen molar-refractivity contribution in [3.8, 4) is 6.07 Å². The summed E-state index contributed by atoms with van der Waals surface area (Å²) in [5.74, 6) is -1.35. The summed E-state index contributed by atoms with van der Waals surface area (Å²) < 4.78 is 30.0. The Hall–Kier alpha value is -1.17. The van der Waals surface area contributed by atoms with Crippen molar-refractivity contribution in [1.82, 2.24) is 9.21 Å². The standard InChI is InChI=1S/C12H21N3O4S/c1-4-19-11(16)9-20(17,18)15-7-5-14(6-8-15)12(2,3)10-13/h4-9H2,1-3H3. The van der Waals surface area contributed by atoms with Crippen molar-refractivity contribution in [2.75, 3.05) is 38.5 Å². The van der Waals surface area contributed by atoms with Gasteiger partial charge in [0.15, 0.2) is 5.75 Å². The zero-order chi connectivity index (χ0) is 15.4. The van der Waals surface area contributed by atoms with Crippen LogP contribution in [0.3, 0.4) is 0 Å². The lowest BCUT2D eigenvalue weighted by Gasteiger charge is -2.39. The first-order chi connectivity index (χ1) is 9.23. The van der Waals surface area contributed by atoms with E-state index in [9.17, 15) is 13.2 Å². The predicted octanol–water partition coefficient (Wildman–Crippen LogP) is -0.201. The number of nitriles is 1. The molecule has 0 spiro atoms. The molecule has 1 aliphatic heterocycles. The smallest absolute Gasteiger partial charge is 0.322 e. The van der Waals surface area contributed by atoms with Crippen molar-refractivity contribution in [2.45, 2.75) is 26.3 Å². The van der Waals surface area contributed by atoms with Crippen LogP contribution in [0.25, 0.3) is 0 Å². The van der Waals surface area contributed by atoms with Crippen LogP contribution in [0, 0.1) is 11.3 Å². The third-order valence-electron chi connectivity index (χ3n) is 3.30. The van der Waals surface area contributed by atoms with E-state index in [2.05, 4.69) is 10.8 Å². The second-order valence-electron chi connectivity index (χ2n) is 5.12. The molecule has 0 radical (unpaired) electrons. The summed E-state index contributed by atoms with van der Waals surface area (Å²) in [5.41, 5.74) is -0.614. The number of hydrogen-bond donors (Lipinski definition) is 0. The molecule has 0 atom stereocenters. The highest BCUT2D eigenvalue weighted by molar-refractivity contribution is 7.89. The Morgan fingerprint density at radius 2 is 1.85 bits per heavy atom. The molecule has 0 aliphatic carbocycles. The third-order valence-corrected chi connectivity index (χ3v) is 5.05. The van der Waals surface area contributed by atoms with Gasteiger partial charge >= 0.3 is 5.97 Å². The Bertz CT molecular complexity index is 487. The van der Waals surface area contributed by atoms with Crippen LogP contribution < -0.4 is 0 Å². The van der Waals surface area contributed by atoms with Crippen LogP contribution in [0.15, 0.2) is 0 Å². The number of hydrogen-bond acceptors (Lipinski definition) is 6. The van der Waals surface area contributed by atoms with E-state index in [0.29, 0.717) is 13.1 Å². The molecule has 8 heteroatoms. The molecular formula is C12H21N3O4S. The Balaban J connectivity index is 2.61. The molecule has 0 aromatic carbocycles. The van der Waals surface area contributed by atoms with E-state index in [0.717, 1.165) is 0 Å². The second kappa shape index (κ2) is 6.52. The van der Waals surface area contributed by atoms with Crippen LogP contribution in [-0.4, -0.2) is 67.7 Å². The molecule has 0 aromatic heterocycles. The minimum atomic E-state index is -3.63. The minimum absolute atomic E-state index is 0.165. The molecule has 1 heterocycles. The van der Waals surface area contributed by atoms with Crippen LogP contribution >= 0.6 is 0 Å². The number of rotatable bonds is 5. The number of sulfonamides is 1. The zero-order valence-electron chi connectivity index (χ0n) is 12.1. The Labute approximate surface area is 120 Å². The average Bonchev–Trinajstić information content (AvgIpc) is 2.38. The van der Waals surface area contributed by atoms with Gasteiger partial charge in [-0.15, -0.1) is 0 Å². The average molecular weight is 303 g/mol. The molecule has 0 amide bonds. The van der Waals surface area contributed by atoms with Gasteiger partial charge < -0.3 is 4.74 Å². The topological polar surface area (TPSA) is 90.7 Å². The van der Waals surface area contributed by atoms with Gasteiger partial charge in [-0.3, -0.25) is 9.69 Å². The first kappa shape index (κ1) is 16.9. The summed E-state index contributed by atoms with van der Waals surface area (Å²) in [5, 5.41) is 9.07. The summed E-state index contributed by atoms with van der Waals surface area (Å²) in [7, 11) is -3.63. The van der Waals surface area contributed by atoms with Gasteiger partial charge in [0.05, 0.1) is 12.7 Å². The van der Waals surface area contributed by atoms with Crippen molar-refractivity contribution < 1.29 is 17.9 Å². The van der Waals surface area contributed by atoms with Crippen molar-refractivity contribution in [1.29, 1.82) is 5.26 Å². The van der Waals surface area contributed by atoms with Gasteiger partial charge in [-0.2, -0.15) is 9.57 Å². The van der Waals surface area contributed by atoms with Crippen molar-refractivity contribution in [2.24, 2.45) is 0 Å². The fourth-order valence-electron chi connectivity index (χ4n) is 2.04. The lowest BCUT2D eigenvalue weighted by molar-refractivity contribution is -0.140. The molecule has 1 fully saturated rings. The minimum Gasteiger partial charge on any atom is -0.465 e. The highest BCUT2D eigenvalue weighted by Gasteiger charge is 2.34. The Morgan fingerprint density at radius 3 is 2.30 bits per heavy atom. The van der Waals surface area contributed by atoms with Gasteiger partial charge in [-0.1, -0.05) is 0 Å². The van der Waals surface area contributed by atoms with Gasteiger partial charge in [-0.05, 0) is 20.8 Å². The zero-order valence-corrected chi connectivity index (χ0v) is 12.9. The molecule has 114 valence electrons. The van der Waals surface area contributed by atoms with Gasteiger partial charge in [0.2, 0.25) is 10.0 Å². The SMILES string of the molecule is CCOC(=O)CS(=O)(=O)N1CCN(C(C)(C)C#N)CC1. The number of esters is 1. The van der Waals surface area contributed by atoms with Crippen molar-refractivity contribution in [3.63, 3.8) is 0 Å². The van der Waals surface area contributed by atoms with Crippen LogP contribution in [0.5, 0.6) is 0 Å². The van der Waals surface area contributed by atoms with Gasteiger partial charge in [0, 0.05) is 26.2 Å². The van der Waals surface area contributed by atoms with Gasteiger partial charge in [0.1, 0.15) is 5.54 Å². The molecule has 0 N–H and O–H groups in total. The van der Waals surface area contributed by atoms with E-state index in [1.165, 1.54) is 4.31 Å². The van der Waals surface area contributed by atoms with Crippen LogP contribution in [0.4, 0.5) is 0 Å². The van der Waals surface area contributed by atoms with E-state index in [1.807, 2.05) is 4.90 Å². The summed E-state index contributed by atoms with van der Waals surface area (Å²) in [6.45, 7) is 6.92. The summed E-state index contributed by atoms with van der Waals surface area (Å²) in [6, 6.07) is 2.20. The van der Waals surface area contributed by atoms with E-state index in [-0.39, 0.29) is 19.7 Å². The Kier molecular flexibility index (Phi) is 5.50. The summed E-state index contributed by atoms with van der Waals surface area (Å²) in [6.07, 6.45) is 0. The number of piperazine rings is 1. The first-order valence-corrected chi connectivity index (χ1v) is 8.13. The van der Waals surface area contributed by atoms with Crippen LogP contribution in [0.2, 0.25) is 0 Å². The first-order valence-electron chi connectivity index (χ1n) is 6.52. The molecule has 1 saturated heterocycles. The largest absolute Gasteiger partial charge is 0.465 e. The molecule has 1 aliphatic rings. The monoisotopic (exact) mass is 303 g/mol. The van der Waals surface area contributed by atoms with Crippen LogP contribution in [-0.2, 0) is 19.6 Å². The van der Waals surface area contributed by atoms with Crippen LogP contribution in [0.1, 0.15) is 20.8 Å². The molecule has 0 bridgehead atoms. The molecule has 0 saturated carbocycles. The maximum absolute atomic E-state index is 12.0. The second-order valence-corrected chi connectivity index (χ2v) is 7.09. The fourth-order valence-corrected chi connectivity index (χ4v) is 3.32. The number of carbonyl (C=O) groups excluding carboxylic acids is 1.